The second-order valence-electron chi connectivity index (χ2n) is 10.2. The van der Waals surface area contributed by atoms with Gasteiger partial charge in [0.15, 0.2) is 0 Å². The fourth-order valence-corrected chi connectivity index (χ4v) is 7.66. The molecule has 3 aromatic carbocycles. The molecule has 0 saturated carbocycles. The third-order valence-electron chi connectivity index (χ3n) is 8.68. The first kappa shape index (κ1) is 21.8. The van der Waals surface area contributed by atoms with Crippen LogP contribution in [0.25, 0.3) is 0 Å². The molecule has 3 fully saturated rings. The molecule has 1 N–H and O–H groups in total. The van der Waals surface area contributed by atoms with Gasteiger partial charge >= 0.3 is 0 Å². The van der Waals surface area contributed by atoms with Crippen molar-refractivity contribution in [1.82, 2.24) is 4.90 Å². The average Bonchev–Trinajstić information content (AvgIpc) is 3.60. The third-order valence-corrected chi connectivity index (χ3v) is 8.93. The van der Waals surface area contributed by atoms with E-state index in [9.17, 15) is 14.4 Å². The molecule has 7 heteroatoms. The monoisotopic (exact) mass is 497 g/mol. The predicted octanol–water partition coefficient (Wildman–Crippen LogP) is 4.70. The van der Waals surface area contributed by atoms with Crippen LogP contribution in [0.15, 0.2) is 78.9 Å². The van der Waals surface area contributed by atoms with E-state index >= 15 is 0 Å². The molecule has 36 heavy (non-hydrogen) atoms. The molecule has 3 amide bonds. The van der Waals surface area contributed by atoms with Crippen LogP contribution < -0.4 is 10.2 Å². The molecule has 4 heterocycles. The summed E-state index contributed by atoms with van der Waals surface area (Å²) in [5.74, 6) is -1.13. The number of imide groups is 1. The van der Waals surface area contributed by atoms with Crippen molar-refractivity contribution in [3.05, 3.63) is 95.0 Å². The molecular weight excluding hydrogens is 474 g/mol. The summed E-state index contributed by atoms with van der Waals surface area (Å²) in [7, 11) is 0. The molecular formula is C29H24ClN3O3. The first-order chi connectivity index (χ1) is 17.5. The quantitative estimate of drug-likeness (QED) is 0.521. The molecule has 2 spiro atoms. The van der Waals surface area contributed by atoms with E-state index in [0.29, 0.717) is 17.3 Å². The number of hydrogen-bond acceptors (Lipinski definition) is 4. The lowest BCUT2D eigenvalue weighted by molar-refractivity contribution is -0.128. The lowest BCUT2D eigenvalue weighted by Crippen LogP contribution is -2.50. The molecule has 0 radical (unpaired) electrons. The van der Waals surface area contributed by atoms with Crippen LogP contribution in [0.2, 0.25) is 5.02 Å². The maximum atomic E-state index is 14.6. The zero-order chi connectivity index (χ0) is 24.7. The van der Waals surface area contributed by atoms with Crippen LogP contribution in [-0.2, 0) is 19.9 Å². The van der Waals surface area contributed by atoms with E-state index in [2.05, 4.69) is 10.2 Å². The third kappa shape index (κ3) is 2.53. The molecule has 0 bridgehead atoms. The average molecular weight is 498 g/mol. The van der Waals surface area contributed by atoms with Crippen LogP contribution in [0.3, 0.4) is 0 Å². The molecule has 4 aliphatic heterocycles. The number of fused-ring (bicyclic) bond motifs is 5. The van der Waals surface area contributed by atoms with Crippen molar-refractivity contribution in [3.63, 3.8) is 0 Å². The van der Waals surface area contributed by atoms with E-state index in [1.807, 2.05) is 54.6 Å². The molecule has 3 aromatic rings. The highest BCUT2D eigenvalue weighted by Gasteiger charge is 2.78. The van der Waals surface area contributed by atoms with Gasteiger partial charge in [-0.05, 0) is 55.3 Å². The van der Waals surface area contributed by atoms with E-state index in [1.165, 1.54) is 4.90 Å². The summed E-state index contributed by atoms with van der Waals surface area (Å²) in [5, 5.41) is 3.69. The van der Waals surface area contributed by atoms with Gasteiger partial charge in [-0.2, -0.15) is 0 Å². The van der Waals surface area contributed by atoms with Crippen LogP contribution >= 0.6 is 11.6 Å². The van der Waals surface area contributed by atoms with Crippen LogP contribution in [-0.4, -0.2) is 35.2 Å². The van der Waals surface area contributed by atoms with Crippen LogP contribution in [0.5, 0.6) is 0 Å². The highest BCUT2D eigenvalue weighted by molar-refractivity contribution is 6.30. The zero-order valence-electron chi connectivity index (χ0n) is 19.5. The molecule has 7 rings (SSSR count). The topological polar surface area (TPSA) is 69.7 Å². The Bertz CT molecular complexity index is 1430. The van der Waals surface area contributed by atoms with Gasteiger partial charge in [0.1, 0.15) is 5.54 Å². The van der Waals surface area contributed by atoms with Gasteiger partial charge in [0.05, 0.1) is 11.1 Å². The number of carbonyl (C=O) groups is 3. The van der Waals surface area contributed by atoms with E-state index < -0.39 is 16.9 Å². The van der Waals surface area contributed by atoms with Crippen molar-refractivity contribution in [2.24, 2.45) is 5.41 Å². The van der Waals surface area contributed by atoms with Gasteiger partial charge in [-0.15, -0.1) is 0 Å². The molecule has 0 unspecified atom stereocenters. The molecule has 4 aliphatic rings. The number of hydrogen-bond donors (Lipinski definition) is 1. The van der Waals surface area contributed by atoms with Crippen molar-refractivity contribution in [2.75, 3.05) is 16.8 Å². The number of para-hydroxylation sites is 2. The summed E-state index contributed by atoms with van der Waals surface area (Å²) in [6, 6.07) is 24.0. The highest BCUT2D eigenvalue weighted by Crippen LogP contribution is 2.69. The number of halogens is 1. The minimum absolute atomic E-state index is 0.0619. The van der Waals surface area contributed by atoms with Gasteiger partial charge in [0.2, 0.25) is 17.7 Å². The van der Waals surface area contributed by atoms with Gasteiger partial charge in [0, 0.05) is 34.7 Å². The van der Waals surface area contributed by atoms with Gasteiger partial charge in [-0.3, -0.25) is 19.3 Å². The van der Waals surface area contributed by atoms with Crippen molar-refractivity contribution in [3.8, 4) is 0 Å². The van der Waals surface area contributed by atoms with Gasteiger partial charge in [0.25, 0.3) is 0 Å². The first-order valence-corrected chi connectivity index (χ1v) is 12.7. The fourth-order valence-electron chi connectivity index (χ4n) is 7.54. The summed E-state index contributed by atoms with van der Waals surface area (Å²) in [5.41, 5.74) is 0.885. The Morgan fingerprint density at radius 3 is 2.39 bits per heavy atom. The number of carbonyl (C=O) groups excluding carboxylic acids is 3. The van der Waals surface area contributed by atoms with Crippen LogP contribution in [0.4, 0.5) is 11.4 Å². The molecule has 0 aliphatic carbocycles. The first-order valence-electron chi connectivity index (χ1n) is 12.3. The van der Waals surface area contributed by atoms with Crippen molar-refractivity contribution in [2.45, 2.75) is 36.8 Å². The fraction of sp³-hybridized carbons (Fsp3) is 0.276. The molecule has 4 atom stereocenters. The lowest BCUT2D eigenvalue weighted by atomic mass is 9.61. The summed E-state index contributed by atoms with van der Waals surface area (Å²) in [4.78, 5) is 46.0. The Morgan fingerprint density at radius 2 is 1.61 bits per heavy atom. The number of amides is 3. The summed E-state index contributed by atoms with van der Waals surface area (Å²) in [6.45, 7) is 0.686. The minimum Gasteiger partial charge on any atom is -0.324 e. The number of benzene rings is 3. The number of anilines is 2. The van der Waals surface area contributed by atoms with Gasteiger partial charge < -0.3 is 5.32 Å². The maximum Gasteiger partial charge on any atom is 0.250 e. The number of nitrogens with zero attached hydrogens (tertiary/aromatic N) is 2. The second kappa shape index (κ2) is 7.51. The van der Waals surface area contributed by atoms with Crippen LogP contribution in [0, 0.1) is 5.41 Å². The van der Waals surface area contributed by atoms with E-state index in [0.717, 1.165) is 29.7 Å². The Balaban J connectivity index is 1.52. The summed E-state index contributed by atoms with van der Waals surface area (Å²) in [6.07, 6.45) is 1.68. The van der Waals surface area contributed by atoms with Gasteiger partial charge in [-0.1, -0.05) is 60.1 Å². The Labute approximate surface area is 213 Å². The van der Waals surface area contributed by atoms with Gasteiger partial charge in [-0.25, -0.2) is 4.90 Å². The lowest BCUT2D eigenvalue weighted by Gasteiger charge is -2.39. The molecule has 0 aromatic heterocycles. The smallest absolute Gasteiger partial charge is 0.250 e. The standard InChI is InChI=1S/C29H24ClN3O3/c30-19-14-12-18(13-15-19)25-28(17-24(34)33(27(28)36)20-7-2-1-3-8-20)23-11-6-16-32(23)29(25)21-9-4-5-10-22(21)31-26(29)35/h1-5,7-10,12-15,23,25H,6,11,16-17H2,(H,31,35)/t23-,25-,28+,29+/m0/s1. The highest BCUT2D eigenvalue weighted by atomic mass is 35.5. The number of nitrogens with one attached hydrogen (secondary N) is 1. The molecule has 3 saturated heterocycles. The predicted molar refractivity (Wildman–Crippen MR) is 137 cm³/mol. The zero-order valence-corrected chi connectivity index (χ0v) is 20.2. The maximum absolute atomic E-state index is 14.6. The van der Waals surface area contributed by atoms with E-state index in [1.54, 1.807) is 24.3 Å². The molecule has 6 nitrogen and oxygen atoms in total. The Kier molecular flexibility index (Phi) is 4.54. The largest absolute Gasteiger partial charge is 0.324 e. The van der Waals surface area contributed by atoms with Crippen molar-refractivity contribution < 1.29 is 14.4 Å². The van der Waals surface area contributed by atoms with Crippen molar-refractivity contribution >= 4 is 40.7 Å². The second-order valence-corrected chi connectivity index (χ2v) is 10.6. The Morgan fingerprint density at radius 1 is 0.889 bits per heavy atom. The molecule has 180 valence electrons. The SMILES string of the molecule is O=C1C[C@@]2(C(=O)N1c1ccccc1)[C@@H]1CCCN1[C@@]1(C(=O)Nc3ccccc31)[C@H]2c1ccc(Cl)cc1. The minimum atomic E-state index is -1.09. The number of rotatable bonds is 2. The van der Waals surface area contributed by atoms with Crippen LogP contribution in [0.1, 0.15) is 36.3 Å². The van der Waals surface area contributed by atoms with Crippen molar-refractivity contribution in [1.29, 1.82) is 0 Å². The summed E-state index contributed by atoms with van der Waals surface area (Å²) >= 11 is 6.26. The van der Waals surface area contributed by atoms with E-state index in [-0.39, 0.29) is 30.2 Å². The normalized spacial score (nSPS) is 30.9. The van der Waals surface area contributed by atoms with E-state index in [4.69, 9.17) is 11.6 Å². The Hall–Kier alpha value is -3.48. The summed E-state index contributed by atoms with van der Waals surface area (Å²) < 4.78 is 0.